The first kappa shape index (κ1) is 15.7. The molecule has 7 heteroatoms. The van der Waals surface area contributed by atoms with Gasteiger partial charge in [0.2, 0.25) is 0 Å². The second-order valence-corrected chi connectivity index (χ2v) is 6.20. The van der Waals surface area contributed by atoms with Crippen molar-refractivity contribution >= 4 is 17.1 Å². The third kappa shape index (κ3) is 2.97. The summed E-state index contributed by atoms with van der Waals surface area (Å²) in [4.78, 5) is 22.3. The molecule has 0 N–H and O–H groups in total. The first-order valence-electron chi connectivity index (χ1n) is 8.09. The normalized spacial score (nSPS) is 17.0. The van der Waals surface area contributed by atoms with Gasteiger partial charge in [-0.25, -0.2) is 18.7 Å². The number of likely N-dealkylation sites (tertiary alicyclic amines) is 1. The van der Waals surface area contributed by atoms with Crippen LogP contribution in [0.4, 0.5) is 8.78 Å². The second kappa shape index (κ2) is 5.91. The SMILES string of the molecule is O=C(c1cnc2c(c1)ncn2-c1ccccc1)N1CCCC(F)(F)C1. The summed E-state index contributed by atoms with van der Waals surface area (Å²) < 4.78 is 28.9. The van der Waals surface area contributed by atoms with Crippen LogP contribution in [0.5, 0.6) is 0 Å². The zero-order chi connectivity index (χ0) is 17.4. The Hall–Kier alpha value is -2.83. The predicted molar refractivity (Wildman–Crippen MR) is 88.9 cm³/mol. The zero-order valence-corrected chi connectivity index (χ0v) is 13.4. The van der Waals surface area contributed by atoms with E-state index in [0.29, 0.717) is 24.1 Å². The molecule has 0 radical (unpaired) electrons. The molecule has 25 heavy (non-hydrogen) atoms. The van der Waals surface area contributed by atoms with Crippen LogP contribution in [0.1, 0.15) is 23.2 Å². The molecule has 1 fully saturated rings. The summed E-state index contributed by atoms with van der Waals surface area (Å²) in [7, 11) is 0. The van der Waals surface area contributed by atoms with Crippen molar-refractivity contribution in [2.24, 2.45) is 0 Å². The standard InChI is InChI=1S/C18H16F2N4O/c19-18(20)7-4-8-23(11-18)17(25)13-9-15-16(21-10-13)24(12-22-15)14-5-2-1-3-6-14/h1-3,5-6,9-10,12H,4,7-8,11H2. The molecule has 0 atom stereocenters. The van der Waals surface area contributed by atoms with Gasteiger partial charge in [0.1, 0.15) is 11.8 Å². The Morgan fingerprint density at radius 3 is 2.72 bits per heavy atom. The molecule has 1 saturated heterocycles. The topological polar surface area (TPSA) is 51.0 Å². The number of benzene rings is 1. The number of aromatic nitrogens is 3. The lowest BCUT2D eigenvalue weighted by molar-refractivity contribution is -0.0560. The number of nitrogens with zero attached hydrogens (tertiary/aromatic N) is 4. The fraction of sp³-hybridized carbons (Fsp3) is 0.278. The van der Waals surface area contributed by atoms with E-state index < -0.39 is 18.4 Å². The molecule has 1 aromatic carbocycles. The number of halogens is 2. The first-order chi connectivity index (χ1) is 12.0. The quantitative estimate of drug-likeness (QED) is 0.718. The number of para-hydroxylation sites is 1. The lowest BCUT2D eigenvalue weighted by atomic mass is 10.1. The largest absolute Gasteiger partial charge is 0.333 e. The van der Waals surface area contributed by atoms with Crippen LogP contribution in [-0.4, -0.2) is 44.4 Å². The van der Waals surface area contributed by atoms with E-state index in [2.05, 4.69) is 9.97 Å². The zero-order valence-electron chi connectivity index (χ0n) is 13.4. The second-order valence-electron chi connectivity index (χ2n) is 6.20. The smallest absolute Gasteiger partial charge is 0.265 e. The molecule has 0 bridgehead atoms. The highest BCUT2D eigenvalue weighted by molar-refractivity contribution is 5.96. The number of alkyl halides is 2. The molecule has 0 saturated carbocycles. The molecule has 128 valence electrons. The summed E-state index contributed by atoms with van der Waals surface area (Å²) in [6.45, 7) is -0.201. The van der Waals surface area contributed by atoms with E-state index in [0.717, 1.165) is 5.69 Å². The summed E-state index contributed by atoms with van der Waals surface area (Å²) >= 11 is 0. The molecule has 2 aromatic heterocycles. The number of piperidine rings is 1. The van der Waals surface area contributed by atoms with E-state index in [4.69, 9.17) is 0 Å². The number of amides is 1. The average molecular weight is 342 g/mol. The lowest BCUT2D eigenvalue weighted by Gasteiger charge is -2.32. The van der Waals surface area contributed by atoms with Gasteiger partial charge in [0.05, 0.1) is 12.1 Å². The molecule has 4 rings (SSSR count). The lowest BCUT2D eigenvalue weighted by Crippen LogP contribution is -2.45. The van der Waals surface area contributed by atoms with Gasteiger partial charge in [-0.1, -0.05) is 18.2 Å². The van der Waals surface area contributed by atoms with Crippen LogP contribution in [0.2, 0.25) is 0 Å². The number of imidazole rings is 1. The minimum Gasteiger partial charge on any atom is -0.333 e. The number of rotatable bonds is 2. The van der Waals surface area contributed by atoms with Crippen molar-refractivity contribution in [3.8, 4) is 5.69 Å². The molecule has 3 aromatic rings. The highest BCUT2D eigenvalue weighted by Crippen LogP contribution is 2.27. The third-order valence-electron chi connectivity index (χ3n) is 4.35. The minimum absolute atomic E-state index is 0.171. The van der Waals surface area contributed by atoms with E-state index >= 15 is 0 Å². The molecule has 5 nitrogen and oxygen atoms in total. The van der Waals surface area contributed by atoms with Crippen LogP contribution in [0.25, 0.3) is 16.9 Å². The van der Waals surface area contributed by atoms with Gasteiger partial charge in [0, 0.05) is 24.8 Å². The fourth-order valence-electron chi connectivity index (χ4n) is 3.12. The molecule has 1 aliphatic heterocycles. The summed E-state index contributed by atoms with van der Waals surface area (Å²) in [6.07, 6.45) is 3.20. The Morgan fingerprint density at radius 1 is 1.16 bits per heavy atom. The Balaban J connectivity index is 1.65. The monoisotopic (exact) mass is 342 g/mol. The van der Waals surface area contributed by atoms with E-state index in [1.807, 2.05) is 34.9 Å². The van der Waals surface area contributed by atoms with Gasteiger partial charge in [0.15, 0.2) is 5.65 Å². The maximum absolute atomic E-state index is 13.5. The molecule has 0 spiro atoms. The highest BCUT2D eigenvalue weighted by Gasteiger charge is 2.37. The van der Waals surface area contributed by atoms with Crippen LogP contribution in [0.15, 0.2) is 48.9 Å². The van der Waals surface area contributed by atoms with Gasteiger partial charge in [-0.05, 0) is 24.6 Å². The summed E-state index contributed by atoms with van der Waals surface area (Å²) in [6, 6.07) is 11.2. The van der Waals surface area contributed by atoms with Crippen LogP contribution >= 0.6 is 0 Å². The van der Waals surface area contributed by atoms with Crippen molar-refractivity contribution in [2.75, 3.05) is 13.1 Å². The van der Waals surface area contributed by atoms with E-state index in [-0.39, 0.29) is 12.0 Å². The fourth-order valence-corrected chi connectivity index (χ4v) is 3.12. The van der Waals surface area contributed by atoms with Crippen molar-refractivity contribution in [1.29, 1.82) is 0 Å². The molecule has 1 amide bonds. The highest BCUT2D eigenvalue weighted by atomic mass is 19.3. The number of fused-ring (bicyclic) bond motifs is 1. The Morgan fingerprint density at radius 2 is 1.96 bits per heavy atom. The molecular formula is C18H16F2N4O. The van der Waals surface area contributed by atoms with Crippen LogP contribution in [0.3, 0.4) is 0 Å². The van der Waals surface area contributed by atoms with Crippen LogP contribution in [-0.2, 0) is 0 Å². The summed E-state index contributed by atoms with van der Waals surface area (Å²) in [5, 5.41) is 0. The Labute approximate surface area is 142 Å². The first-order valence-corrected chi connectivity index (χ1v) is 8.09. The number of hydrogen-bond donors (Lipinski definition) is 0. The number of carbonyl (C=O) groups is 1. The maximum atomic E-state index is 13.5. The minimum atomic E-state index is -2.82. The Kier molecular flexibility index (Phi) is 3.71. The van der Waals surface area contributed by atoms with Crippen molar-refractivity contribution in [3.63, 3.8) is 0 Å². The number of pyridine rings is 1. The van der Waals surface area contributed by atoms with Crippen molar-refractivity contribution in [3.05, 3.63) is 54.5 Å². The molecule has 0 unspecified atom stereocenters. The summed E-state index contributed by atoms with van der Waals surface area (Å²) in [5.41, 5.74) is 2.36. The van der Waals surface area contributed by atoms with Crippen molar-refractivity contribution in [2.45, 2.75) is 18.8 Å². The van der Waals surface area contributed by atoms with Gasteiger partial charge in [0.25, 0.3) is 11.8 Å². The van der Waals surface area contributed by atoms with Crippen LogP contribution in [0, 0.1) is 0 Å². The van der Waals surface area contributed by atoms with E-state index in [1.54, 1.807) is 12.4 Å². The summed E-state index contributed by atoms with van der Waals surface area (Å²) in [5.74, 6) is -3.25. The van der Waals surface area contributed by atoms with Crippen molar-refractivity contribution in [1.82, 2.24) is 19.4 Å². The van der Waals surface area contributed by atoms with Gasteiger partial charge >= 0.3 is 0 Å². The molecule has 1 aliphatic rings. The average Bonchev–Trinajstić information content (AvgIpc) is 3.04. The van der Waals surface area contributed by atoms with E-state index in [9.17, 15) is 13.6 Å². The van der Waals surface area contributed by atoms with E-state index in [1.165, 1.54) is 11.1 Å². The molecular weight excluding hydrogens is 326 g/mol. The molecule has 0 aliphatic carbocycles. The van der Waals surface area contributed by atoms with Gasteiger partial charge < -0.3 is 4.90 Å². The van der Waals surface area contributed by atoms with Gasteiger partial charge in [-0.15, -0.1) is 0 Å². The Bertz CT molecular complexity index is 923. The molecule has 3 heterocycles. The number of carbonyl (C=O) groups excluding carboxylic acids is 1. The van der Waals surface area contributed by atoms with Gasteiger partial charge in [-0.3, -0.25) is 9.36 Å². The van der Waals surface area contributed by atoms with Gasteiger partial charge in [-0.2, -0.15) is 0 Å². The van der Waals surface area contributed by atoms with Crippen LogP contribution < -0.4 is 0 Å². The predicted octanol–water partition coefficient (Wildman–Crippen LogP) is 3.29. The third-order valence-corrected chi connectivity index (χ3v) is 4.35. The maximum Gasteiger partial charge on any atom is 0.265 e. The van der Waals surface area contributed by atoms with Crippen molar-refractivity contribution < 1.29 is 13.6 Å². The number of hydrogen-bond acceptors (Lipinski definition) is 3.